The predicted octanol–water partition coefficient (Wildman–Crippen LogP) is 4.82. The zero-order valence-corrected chi connectivity index (χ0v) is 23.9. The standard InChI is InChI=1S/C31H39N3O4S/c1-4-22-32-31(36)28(6-3)33(23-21-25-15-9-7-10-16-25)30(35)24-34(29-20-14-13-17-26(29)5-2)39(37,38)27-18-11-8-12-19-27/h7-20,28H,4-6,21-24H2,1-3H3,(H,32,36). The van der Waals surface area contributed by atoms with E-state index in [2.05, 4.69) is 5.32 Å². The smallest absolute Gasteiger partial charge is 0.264 e. The van der Waals surface area contributed by atoms with Crippen LogP contribution < -0.4 is 9.62 Å². The maximum Gasteiger partial charge on any atom is 0.264 e. The number of anilines is 1. The van der Waals surface area contributed by atoms with E-state index in [1.165, 1.54) is 16.4 Å². The molecule has 0 aliphatic carbocycles. The monoisotopic (exact) mass is 549 g/mol. The van der Waals surface area contributed by atoms with Gasteiger partial charge in [0.15, 0.2) is 0 Å². The first-order valence-corrected chi connectivity index (χ1v) is 15.0. The number of hydrogen-bond acceptors (Lipinski definition) is 4. The molecule has 3 rings (SSSR count). The second-order valence-electron chi connectivity index (χ2n) is 9.34. The number of carbonyl (C=O) groups excluding carboxylic acids is 2. The molecule has 0 saturated carbocycles. The zero-order chi connectivity index (χ0) is 28.3. The van der Waals surface area contributed by atoms with Crippen LogP contribution in [0.4, 0.5) is 5.69 Å². The van der Waals surface area contributed by atoms with Crippen LogP contribution in [0.3, 0.4) is 0 Å². The highest BCUT2D eigenvalue weighted by Crippen LogP contribution is 2.28. The molecule has 1 atom stereocenters. The summed E-state index contributed by atoms with van der Waals surface area (Å²) in [7, 11) is -4.06. The minimum atomic E-state index is -4.06. The maximum absolute atomic E-state index is 14.0. The fraction of sp³-hybridized carbons (Fsp3) is 0.355. The number of hydrogen-bond donors (Lipinski definition) is 1. The fourth-order valence-electron chi connectivity index (χ4n) is 4.55. The number of rotatable bonds is 14. The van der Waals surface area contributed by atoms with Gasteiger partial charge in [-0.2, -0.15) is 0 Å². The quantitative estimate of drug-likeness (QED) is 0.312. The van der Waals surface area contributed by atoms with Crippen molar-refractivity contribution in [2.45, 2.75) is 57.4 Å². The number of nitrogens with one attached hydrogen (secondary N) is 1. The summed E-state index contributed by atoms with van der Waals surface area (Å²) >= 11 is 0. The second kappa shape index (κ2) is 14.5. The lowest BCUT2D eigenvalue weighted by Crippen LogP contribution is -2.53. The zero-order valence-electron chi connectivity index (χ0n) is 23.0. The fourth-order valence-corrected chi connectivity index (χ4v) is 6.02. The summed E-state index contributed by atoms with van der Waals surface area (Å²) in [6.07, 6.45) is 2.32. The molecule has 0 aromatic heterocycles. The third-order valence-corrected chi connectivity index (χ3v) is 8.44. The van der Waals surface area contributed by atoms with Gasteiger partial charge in [-0.1, -0.05) is 87.5 Å². The minimum absolute atomic E-state index is 0.104. The highest BCUT2D eigenvalue weighted by molar-refractivity contribution is 7.92. The molecule has 2 amide bonds. The van der Waals surface area contributed by atoms with Crippen molar-refractivity contribution in [3.63, 3.8) is 0 Å². The summed E-state index contributed by atoms with van der Waals surface area (Å²) in [5.74, 6) is -0.651. The van der Waals surface area contributed by atoms with E-state index in [1.807, 2.05) is 63.2 Å². The molecule has 0 bridgehead atoms. The Labute approximate surface area is 232 Å². The molecule has 8 heteroatoms. The van der Waals surface area contributed by atoms with Crippen LogP contribution >= 0.6 is 0 Å². The lowest BCUT2D eigenvalue weighted by Gasteiger charge is -2.33. The number of benzene rings is 3. The van der Waals surface area contributed by atoms with E-state index >= 15 is 0 Å². The molecule has 39 heavy (non-hydrogen) atoms. The van der Waals surface area contributed by atoms with Crippen molar-refractivity contribution in [2.75, 3.05) is 23.9 Å². The summed E-state index contributed by atoms with van der Waals surface area (Å²) in [6.45, 7) is 6.16. The predicted molar refractivity (Wildman–Crippen MR) is 156 cm³/mol. The van der Waals surface area contributed by atoms with Gasteiger partial charge in [0, 0.05) is 13.1 Å². The third kappa shape index (κ3) is 7.69. The average molecular weight is 550 g/mol. The van der Waals surface area contributed by atoms with Gasteiger partial charge < -0.3 is 10.2 Å². The lowest BCUT2D eigenvalue weighted by atomic mass is 10.1. The van der Waals surface area contributed by atoms with Crippen LogP contribution in [0, 0.1) is 0 Å². The van der Waals surface area contributed by atoms with Gasteiger partial charge in [0.1, 0.15) is 12.6 Å². The molecule has 0 saturated heterocycles. The summed E-state index contributed by atoms with van der Waals surface area (Å²) in [4.78, 5) is 28.8. The first kappa shape index (κ1) is 29.9. The molecular weight excluding hydrogens is 510 g/mol. The van der Waals surface area contributed by atoms with Crippen LogP contribution in [0.1, 0.15) is 44.7 Å². The molecule has 0 heterocycles. The Balaban J connectivity index is 2.02. The Morgan fingerprint density at radius 3 is 2.08 bits per heavy atom. The molecule has 0 spiro atoms. The van der Waals surface area contributed by atoms with Crippen molar-refractivity contribution in [1.82, 2.24) is 10.2 Å². The van der Waals surface area contributed by atoms with Gasteiger partial charge in [0.2, 0.25) is 11.8 Å². The Morgan fingerprint density at radius 2 is 1.46 bits per heavy atom. The van der Waals surface area contributed by atoms with E-state index in [-0.39, 0.29) is 17.3 Å². The van der Waals surface area contributed by atoms with Crippen molar-refractivity contribution in [2.24, 2.45) is 0 Å². The molecule has 7 nitrogen and oxygen atoms in total. The van der Waals surface area contributed by atoms with Crippen LogP contribution in [0.25, 0.3) is 0 Å². The number of aryl methyl sites for hydroxylation is 1. The minimum Gasteiger partial charge on any atom is -0.354 e. The molecule has 208 valence electrons. The van der Waals surface area contributed by atoms with Crippen LogP contribution in [0.2, 0.25) is 0 Å². The Kier molecular flexibility index (Phi) is 11.1. The molecule has 0 fully saturated rings. The SMILES string of the molecule is CCCNC(=O)C(CC)N(CCc1ccccc1)C(=O)CN(c1ccccc1CC)S(=O)(=O)c1ccccc1. The number of amides is 2. The molecular formula is C31H39N3O4S. The lowest BCUT2D eigenvalue weighted by molar-refractivity contribution is -0.139. The molecule has 3 aromatic rings. The van der Waals surface area contributed by atoms with E-state index in [0.717, 1.165) is 17.5 Å². The van der Waals surface area contributed by atoms with Gasteiger partial charge >= 0.3 is 0 Å². The Bertz CT molecular complexity index is 1310. The summed E-state index contributed by atoms with van der Waals surface area (Å²) in [5, 5.41) is 2.91. The van der Waals surface area contributed by atoms with Crippen molar-refractivity contribution in [3.05, 3.63) is 96.1 Å². The van der Waals surface area contributed by atoms with Crippen molar-refractivity contribution < 1.29 is 18.0 Å². The topological polar surface area (TPSA) is 86.8 Å². The van der Waals surface area contributed by atoms with Crippen molar-refractivity contribution in [1.29, 1.82) is 0 Å². The molecule has 0 radical (unpaired) electrons. The van der Waals surface area contributed by atoms with E-state index in [9.17, 15) is 18.0 Å². The first-order chi connectivity index (χ1) is 18.8. The van der Waals surface area contributed by atoms with Crippen molar-refractivity contribution >= 4 is 27.5 Å². The van der Waals surface area contributed by atoms with Crippen LogP contribution in [0.15, 0.2) is 89.8 Å². The molecule has 1 N–H and O–H groups in total. The number of sulfonamides is 1. The summed E-state index contributed by atoms with van der Waals surface area (Å²) in [6, 6.07) is 24.4. The second-order valence-corrected chi connectivity index (χ2v) is 11.2. The number of carbonyl (C=O) groups is 2. The third-order valence-electron chi connectivity index (χ3n) is 6.67. The summed E-state index contributed by atoms with van der Waals surface area (Å²) < 4.78 is 29.0. The van der Waals surface area contributed by atoms with Crippen LogP contribution in [0.5, 0.6) is 0 Å². The molecule has 3 aromatic carbocycles. The van der Waals surface area contributed by atoms with Gasteiger partial charge in [-0.05, 0) is 55.0 Å². The van der Waals surface area contributed by atoms with Crippen molar-refractivity contribution in [3.8, 4) is 0 Å². The van der Waals surface area contributed by atoms with Crippen LogP contribution in [-0.2, 0) is 32.5 Å². The average Bonchev–Trinajstić information content (AvgIpc) is 2.97. The van der Waals surface area contributed by atoms with Gasteiger partial charge in [-0.3, -0.25) is 13.9 Å². The highest BCUT2D eigenvalue weighted by atomic mass is 32.2. The van der Waals surface area contributed by atoms with E-state index < -0.39 is 28.5 Å². The number of para-hydroxylation sites is 1. The van der Waals surface area contributed by atoms with Crippen LogP contribution in [-0.4, -0.2) is 50.8 Å². The van der Waals surface area contributed by atoms with E-state index in [1.54, 1.807) is 35.2 Å². The molecule has 0 aliphatic rings. The normalized spacial score (nSPS) is 12.0. The van der Waals surface area contributed by atoms with Gasteiger partial charge in [-0.25, -0.2) is 8.42 Å². The summed E-state index contributed by atoms with van der Waals surface area (Å²) in [5.41, 5.74) is 2.31. The first-order valence-electron chi connectivity index (χ1n) is 13.6. The van der Waals surface area contributed by atoms with Gasteiger partial charge in [-0.15, -0.1) is 0 Å². The Hall–Kier alpha value is -3.65. The number of nitrogens with zero attached hydrogens (tertiary/aromatic N) is 2. The maximum atomic E-state index is 14.0. The highest BCUT2D eigenvalue weighted by Gasteiger charge is 2.33. The van der Waals surface area contributed by atoms with E-state index in [0.29, 0.717) is 31.5 Å². The Morgan fingerprint density at radius 1 is 0.846 bits per heavy atom. The largest absolute Gasteiger partial charge is 0.354 e. The molecule has 0 aliphatic heterocycles. The molecule has 1 unspecified atom stereocenters. The van der Waals surface area contributed by atoms with Gasteiger partial charge in [0.25, 0.3) is 10.0 Å². The van der Waals surface area contributed by atoms with Gasteiger partial charge in [0.05, 0.1) is 10.6 Å². The van der Waals surface area contributed by atoms with E-state index in [4.69, 9.17) is 0 Å².